The Bertz CT molecular complexity index is 890. The number of anilines is 1. The molecule has 3 N–H and O–H groups in total. The number of nitrogens with zero attached hydrogens (tertiary/aromatic N) is 1. The lowest BCUT2D eigenvalue weighted by Gasteiger charge is -2.20. The summed E-state index contributed by atoms with van der Waals surface area (Å²) >= 11 is 0. The number of carbonyl (C=O) groups is 1. The molecule has 1 amide bonds. The maximum atomic E-state index is 12.9. The van der Waals surface area contributed by atoms with Crippen LogP contribution in [0.2, 0.25) is 0 Å². The van der Waals surface area contributed by atoms with Crippen molar-refractivity contribution in [3.8, 4) is 0 Å². The van der Waals surface area contributed by atoms with Gasteiger partial charge >= 0.3 is 0 Å². The fourth-order valence-electron chi connectivity index (χ4n) is 3.43. The quantitative estimate of drug-likeness (QED) is 0.625. The lowest BCUT2D eigenvalue weighted by Crippen LogP contribution is -2.27. The van der Waals surface area contributed by atoms with Gasteiger partial charge in [-0.2, -0.15) is 5.10 Å². The molecule has 0 aliphatic heterocycles. The van der Waals surface area contributed by atoms with Crippen molar-refractivity contribution < 1.29 is 17.6 Å². The number of H-pyrrole nitrogens is 1. The van der Waals surface area contributed by atoms with E-state index in [1.54, 1.807) is 0 Å². The van der Waals surface area contributed by atoms with Gasteiger partial charge in [0.15, 0.2) is 5.82 Å². The Hall–Kier alpha value is -2.26. The zero-order chi connectivity index (χ0) is 20.0. The molecule has 0 saturated heterocycles. The Morgan fingerprint density at radius 1 is 1.18 bits per heavy atom. The summed E-state index contributed by atoms with van der Waals surface area (Å²) in [4.78, 5) is 12.0. The van der Waals surface area contributed by atoms with Crippen LogP contribution < -0.4 is 10.0 Å². The Morgan fingerprint density at radius 2 is 1.89 bits per heavy atom. The Morgan fingerprint density at radius 3 is 2.61 bits per heavy atom. The third-order valence-electron chi connectivity index (χ3n) is 4.90. The van der Waals surface area contributed by atoms with Crippen molar-refractivity contribution in [1.29, 1.82) is 0 Å². The van der Waals surface area contributed by atoms with Crippen LogP contribution in [0.15, 0.2) is 35.2 Å². The Labute approximate surface area is 164 Å². The average molecular weight is 408 g/mol. The van der Waals surface area contributed by atoms with Gasteiger partial charge in [-0.3, -0.25) is 9.89 Å². The highest BCUT2D eigenvalue weighted by molar-refractivity contribution is 7.89. The number of hydrogen-bond acceptors (Lipinski definition) is 4. The van der Waals surface area contributed by atoms with Crippen LogP contribution in [0.5, 0.6) is 0 Å². The second-order valence-corrected chi connectivity index (χ2v) is 8.90. The van der Waals surface area contributed by atoms with Crippen molar-refractivity contribution in [2.24, 2.45) is 5.92 Å². The lowest BCUT2D eigenvalue weighted by molar-refractivity contribution is -0.116. The predicted octanol–water partition coefficient (Wildman–Crippen LogP) is 2.98. The van der Waals surface area contributed by atoms with Crippen molar-refractivity contribution in [1.82, 2.24) is 14.9 Å². The SMILES string of the molecule is O=C(CCNS(=O)(=O)c1ccc(F)cc1)Nc1cc(CC2CCCCC2)[nH]n1. The van der Waals surface area contributed by atoms with Gasteiger partial charge in [-0.1, -0.05) is 32.1 Å². The van der Waals surface area contributed by atoms with Crippen molar-refractivity contribution in [2.45, 2.75) is 49.8 Å². The second-order valence-electron chi connectivity index (χ2n) is 7.14. The van der Waals surface area contributed by atoms with Gasteiger partial charge in [0, 0.05) is 24.7 Å². The normalized spacial score (nSPS) is 15.5. The first kappa shape index (κ1) is 20.5. The van der Waals surface area contributed by atoms with Crippen molar-refractivity contribution in [2.75, 3.05) is 11.9 Å². The van der Waals surface area contributed by atoms with E-state index in [0.29, 0.717) is 11.7 Å². The van der Waals surface area contributed by atoms with E-state index in [1.807, 2.05) is 6.07 Å². The molecule has 0 bridgehead atoms. The smallest absolute Gasteiger partial charge is 0.240 e. The number of carbonyl (C=O) groups excluding carboxylic acids is 1. The molecule has 1 aromatic heterocycles. The summed E-state index contributed by atoms with van der Waals surface area (Å²) in [5.41, 5.74) is 0.999. The van der Waals surface area contributed by atoms with Crippen LogP contribution in [0.4, 0.5) is 10.2 Å². The third-order valence-corrected chi connectivity index (χ3v) is 6.38. The van der Waals surface area contributed by atoms with Crippen molar-refractivity contribution in [3.63, 3.8) is 0 Å². The molecule has 3 rings (SSSR count). The maximum absolute atomic E-state index is 12.9. The van der Waals surface area contributed by atoms with Crippen molar-refractivity contribution >= 4 is 21.7 Å². The molecule has 0 spiro atoms. The minimum atomic E-state index is -3.78. The van der Waals surface area contributed by atoms with Gasteiger partial charge in [0.25, 0.3) is 0 Å². The largest absolute Gasteiger partial charge is 0.309 e. The molecule has 1 fully saturated rings. The van der Waals surface area contributed by atoms with Crippen LogP contribution in [-0.4, -0.2) is 31.1 Å². The number of halogens is 1. The average Bonchev–Trinajstić information content (AvgIpc) is 3.09. The van der Waals surface area contributed by atoms with E-state index in [1.165, 1.54) is 44.2 Å². The number of nitrogens with one attached hydrogen (secondary N) is 3. The summed E-state index contributed by atoms with van der Waals surface area (Å²) in [6.07, 6.45) is 7.22. The molecule has 0 atom stereocenters. The van der Waals surface area contributed by atoms with Gasteiger partial charge in [-0.15, -0.1) is 0 Å². The summed E-state index contributed by atoms with van der Waals surface area (Å²) in [7, 11) is -3.78. The first-order valence-corrected chi connectivity index (χ1v) is 11.0. The lowest BCUT2D eigenvalue weighted by atomic mass is 9.86. The van der Waals surface area contributed by atoms with Gasteiger partial charge in [-0.05, 0) is 36.6 Å². The standard InChI is InChI=1S/C19H25FN4O3S/c20-15-6-8-17(9-7-15)28(26,27)21-11-10-19(25)22-18-13-16(23-24-18)12-14-4-2-1-3-5-14/h6-9,13-14,21H,1-5,10-12H2,(H2,22,23,24,25). The maximum Gasteiger partial charge on any atom is 0.240 e. The number of aromatic nitrogens is 2. The van der Waals surface area contributed by atoms with Crippen LogP contribution in [0.3, 0.4) is 0 Å². The van der Waals surface area contributed by atoms with Gasteiger partial charge in [0.1, 0.15) is 5.82 Å². The zero-order valence-electron chi connectivity index (χ0n) is 15.6. The Balaban J connectivity index is 1.43. The number of aromatic amines is 1. The highest BCUT2D eigenvalue weighted by Gasteiger charge is 2.16. The fraction of sp³-hybridized carbons (Fsp3) is 0.474. The topological polar surface area (TPSA) is 104 Å². The van der Waals surface area contributed by atoms with E-state index >= 15 is 0 Å². The molecule has 7 nitrogen and oxygen atoms in total. The van der Waals surface area contributed by atoms with Crippen molar-refractivity contribution in [3.05, 3.63) is 41.8 Å². The van der Waals surface area contributed by atoms with E-state index in [2.05, 4.69) is 20.2 Å². The molecule has 1 aromatic carbocycles. The Kier molecular flexibility index (Phi) is 6.79. The molecule has 1 heterocycles. The van der Waals surface area contributed by atoms with Gasteiger partial charge < -0.3 is 5.32 Å². The first-order chi connectivity index (χ1) is 13.4. The molecular formula is C19H25FN4O3S. The highest BCUT2D eigenvalue weighted by Crippen LogP contribution is 2.26. The summed E-state index contributed by atoms with van der Waals surface area (Å²) in [5.74, 6) is 0.258. The van der Waals surface area contributed by atoms with Crippen LogP contribution in [0.1, 0.15) is 44.2 Å². The first-order valence-electron chi connectivity index (χ1n) is 9.52. The molecule has 28 heavy (non-hydrogen) atoms. The second kappa shape index (κ2) is 9.29. The minimum Gasteiger partial charge on any atom is -0.309 e. The minimum absolute atomic E-state index is 0.0365. The van der Waals surface area contributed by atoms with E-state index in [4.69, 9.17) is 0 Å². The van der Waals surface area contributed by atoms with Gasteiger partial charge in [-0.25, -0.2) is 17.5 Å². The highest BCUT2D eigenvalue weighted by atomic mass is 32.2. The van der Waals surface area contributed by atoms with Crippen LogP contribution in [0, 0.1) is 11.7 Å². The third kappa shape index (κ3) is 5.87. The number of benzene rings is 1. The van der Waals surface area contributed by atoms with Crippen LogP contribution >= 0.6 is 0 Å². The molecule has 1 aliphatic rings. The molecule has 1 aliphatic carbocycles. The molecule has 9 heteroatoms. The number of rotatable bonds is 8. The number of amides is 1. The zero-order valence-corrected chi connectivity index (χ0v) is 16.4. The molecule has 0 radical (unpaired) electrons. The summed E-state index contributed by atoms with van der Waals surface area (Å²) < 4.78 is 39.4. The monoisotopic (exact) mass is 408 g/mol. The molecule has 1 saturated carbocycles. The van der Waals surface area contributed by atoms with Crippen LogP contribution in [-0.2, 0) is 21.2 Å². The fourth-order valence-corrected chi connectivity index (χ4v) is 4.47. The molecule has 152 valence electrons. The summed E-state index contributed by atoms with van der Waals surface area (Å²) in [6, 6.07) is 6.33. The van der Waals surface area contributed by atoms with E-state index in [-0.39, 0.29) is 23.8 Å². The number of hydrogen-bond donors (Lipinski definition) is 3. The molecule has 0 unspecified atom stereocenters. The predicted molar refractivity (Wildman–Crippen MR) is 104 cm³/mol. The van der Waals surface area contributed by atoms with E-state index < -0.39 is 15.8 Å². The van der Waals surface area contributed by atoms with E-state index in [0.717, 1.165) is 24.2 Å². The van der Waals surface area contributed by atoms with Gasteiger partial charge in [0.2, 0.25) is 15.9 Å². The van der Waals surface area contributed by atoms with E-state index in [9.17, 15) is 17.6 Å². The molecule has 2 aromatic rings. The van der Waals surface area contributed by atoms with Crippen LogP contribution in [0.25, 0.3) is 0 Å². The number of sulfonamides is 1. The summed E-state index contributed by atoms with van der Waals surface area (Å²) in [5, 5.41) is 9.73. The summed E-state index contributed by atoms with van der Waals surface area (Å²) in [6.45, 7) is -0.0646. The molecular weight excluding hydrogens is 383 g/mol. The van der Waals surface area contributed by atoms with Gasteiger partial charge in [0.05, 0.1) is 4.90 Å².